The van der Waals surface area contributed by atoms with Crippen LogP contribution in [-0.2, 0) is 22.4 Å². The van der Waals surface area contributed by atoms with Gasteiger partial charge in [-0.25, -0.2) is 4.98 Å². The monoisotopic (exact) mass is 334 g/mol. The topological polar surface area (TPSA) is 72.0 Å². The van der Waals surface area contributed by atoms with Crippen LogP contribution in [0.25, 0.3) is 10.2 Å². The van der Waals surface area contributed by atoms with E-state index in [4.69, 9.17) is 4.74 Å². The Balaban J connectivity index is 1.99. The molecule has 3 rings (SSSR count). The molecular weight excluding hydrogens is 312 g/mol. The Morgan fingerprint density at radius 1 is 1.39 bits per heavy atom. The van der Waals surface area contributed by atoms with Crippen LogP contribution in [0.1, 0.15) is 56.5 Å². The predicted octanol–water partition coefficient (Wildman–Crippen LogP) is 3.37. The van der Waals surface area contributed by atoms with Crippen LogP contribution in [0.2, 0.25) is 0 Å². The molecule has 5 nitrogen and oxygen atoms in total. The Kier molecular flexibility index (Phi) is 4.27. The molecule has 1 N–H and O–H groups in total. The molecule has 6 heteroatoms. The van der Waals surface area contributed by atoms with E-state index >= 15 is 0 Å². The van der Waals surface area contributed by atoms with Crippen molar-refractivity contribution in [3.05, 3.63) is 26.6 Å². The number of hydrogen-bond donors (Lipinski definition) is 1. The number of hydrogen-bond acceptors (Lipinski definition) is 5. The molecule has 0 fully saturated rings. The highest BCUT2D eigenvalue weighted by Crippen LogP contribution is 2.35. The number of aryl methyl sites for hydroxylation is 1. The Hall–Kier alpha value is -1.69. The number of carbonyl (C=O) groups excluding carboxylic acids is 1. The molecule has 124 valence electrons. The van der Waals surface area contributed by atoms with Crippen molar-refractivity contribution in [2.45, 2.75) is 53.1 Å². The number of ether oxygens (including phenoxy) is 1. The average Bonchev–Trinajstić information content (AvgIpc) is 2.84. The SMILES string of the molecule is CC(C)C(=O)O[C@H](C)c1nc2sc3c(c2c(=O)[nH]1)CC[C@H](C)C3. The van der Waals surface area contributed by atoms with Crippen molar-refractivity contribution in [2.24, 2.45) is 11.8 Å². The summed E-state index contributed by atoms with van der Waals surface area (Å²) < 4.78 is 5.35. The zero-order valence-corrected chi connectivity index (χ0v) is 14.8. The highest BCUT2D eigenvalue weighted by atomic mass is 32.1. The first-order chi connectivity index (χ1) is 10.9. The molecular formula is C17H22N2O3S. The lowest BCUT2D eigenvalue weighted by Gasteiger charge is -2.17. The minimum absolute atomic E-state index is 0.121. The van der Waals surface area contributed by atoms with Crippen molar-refractivity contribution in [3.63, 3.8) is 0 Å². The number of nitrogens with zero attached hydrogens (tertiary/aromatic N) is 1. The average molecular weight is 334 g/mol. The summed E-state index contributed by atoms with van der Waals surface area (Å²) in [6.07, 6.45) is 2.52. The summed E-state index contributed by atoms with van der Waals surface area (Å²) >= 11 is 1.60. The molecule has 2 heterocycles. The summed E-state index contributed by atoms with van der Waals surface area (Å²) in [4.78, 5) is 33.6. The van der Waals surface area contributed by atoms with E-state index in [1.807, 2.05) is 0 Å². The van der Waals surface area contributed by atoms with Gasteiger partial charge in [0.25, 0.3) is 5.56 Å². The number of aromatic nitrogens is 2. The number of nitrogens with one attached hydrogen (secondary N) is 1. The maximum atomic E-state index is 12.5. The van der Waals surface area contributed by atoms with Gasteiger partial charge < -0.3 is 9.72 Å². The first-order valence-electron chi connectivity index (χ1n) is 8.11. The van der Waals surface area contributed by atoms with Gasteiger partial charge >= 0.3 is 5.97 Å². The molecule has 0 spiro atoms. The largest absolute Gasteiger partial charge is 0.454 e. The third-order valence-corrected chi connectivity index (χ3v) is 5.48. The van der Waals surface area contributed by atoms with Gasteiger partial charge in [0.05, 0.1) is 11.3 Å². The summed E-state index contributed by atoms with van der Waals surface area (Å²) in [5.74, 6) is 0.575. The quantitative estimate of drug-likeness (QED) is 0.874. The van der Waals surface area contributed by atoms with Gasteiger partial charge in [-0.3, -0.25) is 9.59 Å². The number of H-pyrrole nitrogens is 1. The minimum atomic E-state index is -0.556. The summed E-state index contributed by atoms with van der Waals surface area (Å²) in [7, 11) is 0. The van der Waals surface area contributed by atoms with Crippen molar-refractivity contribution in [1.82, 2.24) is 9.97 Å². The number of carbonyl (C=O) groups is 1. The molecule has 2 aromatic heterocycles. The fraction of sp³-hybridized carbons (Fsp3) is 0.588. The molecule has 0 aliphatic heterocycles. The molecule has 2 atom stereocenters. The summed E-state index contributed by atoms with van der Waals surface area (Å²) in [5.41, 5.74) is 1.04. The van der Waals surface area contributed by atoms with Crippen molar-refractivity contribution < 1.29 is 9.53 Å². The first kappa shape index (κ1) is 16.2. The van der Waals surface area contributed by atoms with Crippen LogP contribution < -0.4 is 5.56 Å². The fourth-order valence-corrected chi connectivity index (χ4v) is 4.31. The lowest BCUT2D eigenvalue weighted by Crippen LogP contribution is -2.19. The summed E-state index contributed by atoms with van der Waals surface area (Å²) in [5, 5.41) is 0.725. The zero-order valence-electron chi connectivity index (χ0n) is 13.9. The molecule has 0 saturated heterocycles. The molecule has 0 amide bonds. The summed E-state index contributed by atoms with van der Waals surface area (Å²) in [6, 6.07) is 0. The molecule has 2 aromatic rings. The van der Waals surface area contributed by atoms with Gasteiger partial charge in [0.15, 0.2) is 11.9 Å². The van der Waals surface area contributed by atoms with Gasteiger partial charge in [-0.15, -0.1) is 11.3 Å². The van der Waals surface area contributed by atoms with Crippen molar-refractivity contribution in [1.29, 1.82) is 0 Å². The lowest BCUT2D eigenvalue weighted by atomic mass is 9.89. The Morgan fingerprint density at radius 2 is 2.13 bits per heavy atom. The highest BCUT2D eigenvalue weighted by Gasteiger charge is 2.24. The molecule has 0 saturated carbocycles. The van der Waals surface area contributed by atoms with Gasteiger partial charge in [0.1, 0.15) is 4.83 Å². The third-order valence-electron chi connectivity index (χ3n) is 4.33. The number of rotatable bonds is 3. The van der Waals surface area contributed by atoms with E-state index in [9.17, 15) is 9.59 Å². The lowest BCUT2D eigenvalue weighted by molar-refractivity contribution is -0.152. The van der Waals surface area contributed by atoms with E-state index in [1.54, 1.807) is 32.1 Å². The molecule has 0 radical (unpaired) electrons. The number of fused-ring (bicyclic) bond motifs is 3. The maximum Gasteiger partial charge on any atom is 0.309 e. The Bertz CT molecular complexity index is 806. The van der Waals surface area contributed by atoms with E-state index in [0.717, 1.165) is 35.0 Å². The molecule has 0 unspecified atom stereocenters. The Morgan fingerprint density at radius 3 is 2.83 bits per heavy atom. The van der Waals surface area contributed by atoms with E-state index in [-0.39, 0.29) is 17.4 Å². The number of aromatic amines is 1. The van der Waals surface area contributed by atoms with Gasteiger partial charge in [0.2, 0.25) is 0 Å². The normalized spacial score (nSPS) is 18.9. The van der Waals surface area contributed by atoms with Crippen LogP contribution >= 0.6 is 11.3 Å². The zero-order chi connectivity index (χ0) is 16.7. The molecule has 0 bridgehead atoms. The second-order valence-corrected chi connectivity index (χ2v) is 7.80. The molecule has 0 aromatic carbocycles. The number of thiophene rings is 1. The van der Waals surface area contributed by atoms with Gasteiger partial charge in [-0.05, 0) is 37.7 Å². The highest BCUT2D eigenvalue weighted by molar-refractivity contribution is 7.18. The molecule has 1 aliphatic rings. The standard InChI is InChI=1S/C17H22N2O3S/c1-8(2)17(21)22-10(4)14-18-15(20)13-11-6-5-9(3)7-12(11)23-16(13)19-14/h8-10H,5-7H2,1-4H3,(H,18,19,20)/t9-,10+/m0/s1. The predicted molar refractivity (Wildman–Crippen MR) is 90.8 cm³/mol. The van der Waals surface area contributed by atoms with E-state index in [0.29, 0.717) is 11.7 Å². The van der Waals surface area contributed by atoms with Crippen molar-refractivity contribution in [3.8, 4) is 0 Å². The molecule has 23 heavy (non-hydrogen) atoms. The van der Waals surface area contributed by atoms with Crippen LogP contribution in [0.4, 0.5) is 0 Å². The number of esters is 1. The van der Waals surface area contributed by atoms with Gasteiger partial charge in [-0.2, -0.15) is 0 Å². The van der Waals surface area contributed by atoms with E-state index in [2.05, 4.69) is 16.9 Å². The van der Waals surface area contributed by atoms with Crippen LogP contribution in [0.3, 0.4) is 0 Å². The minimum Gasteiger partial charge on any atom is -0.454 e. The first-order valence-corrected chi connectivity index (χ1v) is 8.93. The smallest absolute Gasteiger partial charge is 0.309 e. The van der Waals surface area contributed by atoms with Crippen LogP contribution in [0.15, 0.2) is 4.79 Å². The molecule has 1 aliphatic carbocycles. The maximum absolute atomic E-state index is 12.5. The van der Waals surface area contributed by atoms with E-state index in [1.165, 1.54) is 4.88 Å². The van der Waals surface area contributed by atoms with Gasteiger partial charge in [-0.1, -0.05) is 20.8 Å². The second-order valence-electron chi connectivity index (χ2n) is 6.72. The van der Waals surface area contributed by atoms with E-state index < -0.39 is 6.10 Å². The van der Waals surface area contributed by atoms with Crippen molar-refractivity contribution in [2.75, 3.05) is 0 Å². The third kappa shape index (κ3) is 3.04. The van der Waals surface area contributed by atoms with Crippen molar-refractivity contribution >= 4 is 27.5 Å². The van der Waals surface area contributed by atoms with Crippen LogP contribution in [0.5, 0.6) is 0 Å². The summed E-state index contributed by atoms with van der Waals surface area (Å²) in [6.45, 7) is 7.54. The second kappa shape index (κ2) is 6.07. The van der Waals surface area contributed by atoms with Crippen LogP contribution in [0, 0.1) is 11.8 Å². The van der Waals surface area contributed by atoms with Gasteiger partial charge in [0, 0.05) is 4.88 Å². The van der Waals surface area contributed by atoms with Crippen LogP contribution in [-0.4, -0.2) is 15.9 Å². The fourth-order valence-electron chi connectivity index (χ4n) is 2.92. The Labute approximate surface area is 139 Å².